The monoisotopic (exact) mass is 303 g/mol. The summed E-state index contributed by atoms with van der Waals surface area (Å²) in [5.74, 6) is 1.08. The molecule has 23 heavy (non-hydrogen) atoms. The predicted octanol–water partition coefficient (Wildman–Crippen LogP) is 3.80. The van der Waals surface area contributed by atoms with Gasteiger partial charge in [0.15, 0.2) is 11.0 Å². The van der Waals surface area contributed by atoms with Gasteiger partial charge in [0, 0.05) is 12.7 Å². The van der Waals surface area contributed by atoms with E-state index >= 15 is 0 Å². The molecule has 3 aromatic carbocycles. The van der Waals surface area contributed by atoms with Crippen molar-refractivity contribution in [2.24, 2.45) is 0 Å². The number of hydrogen-bond donors (Lipinski definition) is 1. The van der Waals surface area contributed by atoms with Crippen molar-refractivity contribution in [3.8, 4) is 0 Å². The van der Waals surface area contributed by atoms with Gasteiger partial charge in [-0.3, -0.25) is 0 Å². The molecule has 0 amide bonds. The normalized spacial score (nSPS) is 11.3. The van der Waals surface area contributed by atoms with E-state index in [1.807, 2.05) is 0 Å². The van der Waals surface area contributed by atoms with E-state index in [-0.39, 0.29) is 0 Å². The summed E-state index contributed by atoms with van der Waals surface area (Å²) < 4.78 is 7.68. The van der Waals surface area contributed by atoms with Gasteiger partial charge in [0.05, 0.1) is 0 Å². The van der Waals surface area contributed by atoms with E-state index in [1.165, 1.54) is 21.9 Å². The molecule has 0 aliphatic rings. The molecule has 1 aromatic heterocycles. The summed E-state index contributed by atoms with van der Waals surface area (Å²) in [6.45, 7) is 1.39. The number of benzene rings is 3. The summed E-state index contributed by atoms with van der Waals surface area (Å²) in [5, 5.41) is 2.58. The van der Waals surface area contributed by atoms with Crippen molar-refractivity contribution < 1.29 is 9.30 Å². The van der Waals surface area contributed by atoms with Crippen LogP contribution >= 0.6 is 0 Å². The van der Waals surface area contributed by atoms with Gasteiger partial charge in [0.25, 0.3) is 5.82 Å². The Kier molecular flexibility index (Phi) is 3.56. The minimum atomic E-state index is 0.569. The number of para-hydroxylation sites is 2. The molecule has 3 heteroatoms. The molecule has 1 heterocycles. The van der Waals surface area contributed by atoms with Gasteiger partial charge in [-0.05, 0) is 22.9 Å². The summed E-state index contributed by atoms with van der Waals surface area (Å²) in [4.78, 5) is 3.47. The summed E-state index contributed by atoms with van der Waals surface area (Å²) >= 11 is 0. The summed E-state index contributed by atoms with van der Waals surface area (Å²) in [6, 6.07) is 23.4. The molecule has 0 radical (unpaired) electrons. The second kappa shape index (κ2) is 5.86. The Morgan fingerprint density at radius 1 is 0.913 bits per heavy atom. The molecular formula is C20H19N2O+. The number of imidazole rings is 1. The summed E-state index contributed by atoms with van der Waals surface area (Å²) in [7, 11) is 1.73. The van der Waals surface area contributed by atoms with Crippen LogP contribution in [0.2, 0.25) is 0 Å². The highest BCUT2D eigenvalue weighted by Crippen LogP contribution is 2.19. The van der Waals surface area contributed by atoms with E-state index in [0.29, 0.717) is 6.61 Å². The Labute approximate surface area is 135 Å². The zero-order valence-electron chi connectivity index (χ0n) is 13.1. The van der Waals surface area contributed by atoms with E-state index in [0.717, 1.165) is 17.9 Å². The fourth-order valence-electron chi connectivity index (χ4n) is 3.22. The SMILES string of the molecule is COCc1[nH]c2ccccc2[n+]1Cc1cccc2ccccc12. The average molecular weight is 303 g/mol. The number of H-pyrrole nitrogens is 1. The van der Waals surface area contributed by atoms with E-state index in [9.17, 15) is 0 Å². The number of nitrogens with one attached hydrogen (secondary N) is 1. The van der Waals surface area contributed by atoms with Crippen molar-refractivity contribution in [1.82, 2.24) is 4.98 Å². The van der Waals surface area contributed by atoms with Gasteiger partial charge in [-0.2, -0.15) is 0 Å². The zero-order chi connectivity index (χ0) is 15.6. The molecule has 114 valence electrons. The first-order valence-corrected chi connectivity index (χ1v) is 7.82. The smallest absolute Gasteiger partial charge is 0.281 e. The first-order chi connectivity index (χ1) is 11.4. The van der Waals surface area contributed by atoms with Crippen molar-refractivity contribution in [2.75, 3.05) is 7.11 Å². The Morgan fingerprint density at radius 3 is 2.61 bits per heavy atom. The fraction of sp³-hybridized carbons (Fsp3) is 0.150. The van der Waals surface area contributed by atoms with Gasteiger partial charge >= 0.3 is 0 Å². The molecule has 3 nitrogen and oxygen atoms in total. The summed E-state index contributed by atoms with van der Waals surface area (Å²) in [5.41, 5.74) is 3.66. The molecular weight excluding hydrogens is 284 g/mol. The van der Waals surface area contributed by atoms with Crippen LogP contribution in [-0.2, 0) is 17.9 Å². The van der Waals surface area contributed by atoms with Crippen LogP contribution in [0.1, 0.15) is 11.4 Å². The van der Waals surface area contributed by atoms with Gasteiger partial charge in [0.1, 0.15) is 13.2 Å². The number of nitrogens with zero attached hydrogens (tertiary/aromatic N) is 1. The molecule has 4 rings (SSSR count). The topological polar surface area (TPSA) is 28.9 Å². The van der Waals surface area contributed by atoms with Crippen molar-refractivity contribution >= 4 is 21.8 Å². The minimum absolute atomic E-state index is 0.569. The van der Waals surface area contributed by atoms with E-state index < -0.39 is 0 Å². The molecule has 1 N–H and O–H groups in total. The summed E-state index contributed by atoms with van der Waals surface area (Å²) in [6.07, 6.45) is 0. The van der Waals surface area contributed by atoms with Crippen LogP contribution in [0.5, 0.6) is 0 Å². The lowest BCUT2D eigenvalue weighted by Gasteiger charge is -2.06. The average Bonchev–Trinajstić information content (AvgIpc) is 2.93. The third-order valence-corrected chi connectivity index (χ3v) is 4.29. The molecule has 4 aromatic rings. The zero-order valence-corrected chi connectivity index (χ0v) is 13.1. The number of methoxy groups -OCH3 is 1. The minimum Gasteiger partial charge on any atom is -0.372 e. The number of fused-ring (bicyclic) bond motifs is 2. The van der Waals surface area contributed by atoms with Gasteiger partial charge in [-0.15, -0.1) is 0 Å². The number of rotatable bonds is 4. The number of aromatic amines is 1. The molecule has 0 aliphatic carbocycles. The van der Waals surface area contributed by atoms with Crippen LogP contribution in [0.25, 0.3) is 21.8 Å². The number of aromatic nitrogens is 2. The van der Waals surface area contributed by atoms with E-state index in [2.05, 4.69) is 76.3 Å². The molecule has 0 spiro atoms. The lowest BCUT2D eigenvalue weighted by Crippen LogP contribution is -2.38. The third kappa shape index (κ3) is 2.49. The Bertz CT molecular complexity index is 966. The molecule has 0 saturated heterocycles. The van der Waals surface area contributed by atoms with Crippen LogP contribution in [0.15, 0.2) is 66.7 Å². The first kappa shape index (κ1) is 14.0. The maximum Gasteiger partial charge on any atom is 0.281 e. The Morgan fingerprint density at radius 2 is 1.70 bits per heavy atom. The molecule has 0 atom stereocenters. The van der Waals surface area contributed by atoms with Gasteiger partial charge in [-0.25, -0.2) is 9.55 Å². The van der Waals surface area contributed by atoms with Gasteiger partial charge < -0.3 is 4.74 Å². The van der Waals surface area contributed by atoms with Crippen LogP contribution in [0, 0.1) is 0 Å². The highest BCUT2D eigenvalue weighted by Gasteiger charge is 2.18. The van der Waals surface area contributed by atoms with E-state index in [4.69, 9.17) is 4.74 Å². The largest absolute Gasteiger partial charge is 0.372 e. The standard InChI is InChI=1S/C20H18N2O/c1-23-14-20-21-18-11-4-5-12-19(18)22(20)13-16-9-6-8-15-7-2-3-10-17(15)16/h2-12H,13-14H2,1H3/p+1. The number of hydrogen-bond acceptors (Lipinski definition) is 1. The van der Waals surface area contributed by atoms with Crippen LogP contribution < -0.4 is 4.57 Å². The van der Waals surface area contributed by atoms with Gasteiger partial charge in [0.2, 0.25) is 0 Å². The van der Waals surface area contributed by atoms with Gasteiger partial charge in [-0.1, -0.05) is 54.6 Å². The van der Waals surface area contributed by atoms with Crippen molar-refractivity contribution in [3.63, 3.8) is 0 Å². The van der Waals surface area contributed by atoms with Crippen molar-refractivity contribution in [2.45, 2.75) is 13.2 Å². The molecule has 0 fully saturated rings. The quantitative estimate of drug-likeness (QED) is 0.571. The van der Waals surface area contributed by atoms with Crippen LogP contribution in [0.4, 0.5) is 0 Å². The molecule has 0 saturated carbocycles. The van der Waals surface area contributed by atoms with Crippen LogP contribution in [-0.4, -0.2) is 12.1 Å². The number of ether oxygens (including phenoxy) is 1. The second-order valence-corrected chi connectivity index (χ2v) is 5.75. The van der Waals surface area contributed by atoms with E-state index in [1.54, 1.807) is 7.11 Å². The molecule has 0 bridgehead atoms. The lowest BCUT2D eigenvalue weighted by atomic mass is 10.0. The Hall–Kier alpha value is -2.65. The lowest BCUT2D eigenvalue weighted by molar-refractivity contribution is -0.671. The predicted molar refractivity (Wildman–Crippen MR) is 92.3 cm³/mol. The second-order valence-electron chi connectivity index (χ2n) is 5.75. The highest BCUT2D eigenvalue weighted by atomic mass is 16.5. The Balaban J connectivity index is 1.87. The van der Waals surface area contributed by atoms with Crippen molar-refractivity contribution in [3.05, 3.63) is 78.1 Å². The maximum absolute atomic E-state index is 5.37. The maximum atomic E-state index is 5.37. The highest BCUT2D eigenvalue weighted by molar-refractivity contribution is 5.85. The first-order valence-electron chi connectivity index (χ1n) is 7.82. The van der Waals surface area contributed by atoms with Crippen molar-refractivity contribution in [1.29, 1.82) is 0 Å². The van der Waals surface area contributed by atoms with Crippen LogP contribution in [0.3, 0.4) is 0 Å². The third-order valence-electron chi connectivity index (χ3n) is 4.29. The molecule has 0 aliphatic heterocycles. The fourth-order valence-corrected chi connectivity index (χ4v) is 3.22. The molecule has 0 unspecified atom stereocenters.